The molecule has 0 saturated carbocycles. The van der Waals surface area contributed by atoms with Gasteiger partial charge in [-0.1, -0.05) is 36.4 Å². The van der Waals surface area contributed by atoms with Crippen molar-refractivity contribution < 1.29 is 14.6 Å². The van der Waals surface area contributed by atoms with Gasteiger partial charge in [-0.05, 0) is 17.0 Å². The average molecular weight is 346 g/mol. The predicted molar refractivity (Wildman–Crippen MR) is 93.7 cm³/mol. The summed E-state index contributed by atoms with van der Waals surface area (Å²) in [5.41, 5.74) is 0.946. The Bertz CT molecular complexity index is 633. The highest BCUT2D eigenvalue weighted by molar-refractivity contribution is 7.09. The third-order valence-corrected chi connectivity index (χ3v) is 4.86. The Morgan fingerprint density at radius 3 is 2.88 bits per heavy atom. The lowest BCUT2D eigenvalue weighted by molar-refractivity contribution is -0.130. The number of carbonyl (C=O) groups excluding carboxylic acids is 1. The Balaban J connectivity index is 1.56. The van der Waals surface area contributed by atoms with Crippen LogP contribution in [0.1, 0.15) is 16.5 Å². The third kappa shape index (κ3) is 4.42. The smallest absolute Gasteiger partial charge is 0.242 e. The van der Waals surface area contributed by atoms with Crippen LogP contribution >= 0.6 is 11.3 Å². The van der Waals surface area contributed by atoms with Gasteiger partial charge < -0.3 is 15.2 Å². The van der Waals surface area contributed by atoms with Crippen LogP contribution in [0, 0.1) is 0 Å². The van der Waals surface area contributed by atoms with Crippen LogP contribution in [-0.2, 0) is 16.1 Å². The van der Waals surface area contributed by atoms with Gasteiger partial charge in [-0.3, -0.25) is 9.69 Å². The molecule has 1 amide bonds. The van der Waals surface area contributed by atoms with Gasteiger partial charge in [0.25, 0.3) is 0 Å². The number of hydrogen-bond donors (Lipinski definition) is 2. The number of benzene rings is 1. The van der Waals surface area contributed by atoms with Crippen LogP contribution in [-0.4, -0.2) is 48.3 Å². The molecular weight excluding hydrogens is 324 g/mol. The Labute approximate surface area is 145 Å². The minimum Gasteiger partial charge on any atom is -0.389 e. The van der Waals surface area contributed by atoms with Crippen molar-refractivity contribution in [3.05, 3.63) is 58.3 Å². The molecule has 2 atom stereocenters. The van der Waals surface area contributed by atoms with Gasteiger partial charge in [-0.25, -0.2) is 0 Å². The van der Waals surface area contributed by atoms with E-state index in [4.69, 9.17) is 4.74 Å². The van der Waals surface area contributed by atoms with Gasteiger partial charge in [-0.2, -0.15) is 0 Å². The first-order chi connectivity index (χ1) is 11.7. The number of nitrogens with one attached hydrogen (secondary N) is 1. The molecule has 2 aromatic rings. The van der Waals surface area contributed by atoms with E-state index in [1.54, 1.807) is 11.3 Å². The molecule has 0 radical (unpaired) electrons. The van der Waals surface area contributed by atoms with Crippen molar-refractivity contribution in [2.45, 2.75) is 18.8 Å². The minimum atomic E-state index is -0.623. The molecule has 2 heterocycles. The number of piperazine rings is 1. The maximum Gasteiger partial charge on any atom is 0.242 e. The second kappa shape index (κ2) is 8.39. The molecule has 0 bridgehead atoms. The SMILES string of the molecule is O=C1NCCN(CC(O)COCc2cccs2)C1c1ccccc1. The van der Waals surface area contributed by atoms with E-state index in [1.807, 2.05) is 52.7 Å². The summed E-state index contributed by atoms with van der Waals surface area (Å²) in [6, 6.07) is 13.3. The maximum atomic E-state index is 12.3. The molecule has 2 unspecified atom stereocenters. The Morgan fingerprint density at radius 1 is 1.29 bits per heavy atom. The van der Waals surface area contributed by atoms with E-state index in [-0.39, 0.29) is 18.6 Å². The third-order valence-electron chi connectivity index (χ3n) is 4.01. The summed E-state index contributed by atoms with van der Waals surface area (Å²) in [7, 11) is 0. The van der Waals surface area contributed by atoms with Crippen LogP contribution in [0.25, 0.3) is 0 Å². The van der Waals surface area contributed by atoms with E-state index in [0.717, 1.165) is 10.4 Å². The molecular formula is C18H22N2O3S. The number of rotatable bonds is 7. The number of hydrogen-bond acceptors (Lipinski definition) is 5. The summed E-state index contributed by atoms with van der Waals surface area (Å²) in [6.07, 6.45) is -0.623. The van der Waals surface area contributed by atoms with Crippen molar-refractivity contribution in [1.82, 2.24) is 10.2 Å². The van der Waals surface area contributed by atoms with Crippen LogP contribution in [0.3, 0.4) is 0 Å². The van der Waals surface area contributed by atoms with Gasteiger partial charge >= 0.3 is 0 Å². The second-order valence-corrected chi connectivity index (χ2v) is 6.88. The van der Waals surface area contributed by atoms with Gasteiger partial charge in [0.15, 0.2) is 0 Å². The molecule has 6 heteroatoms. The van der Waals surface area contributed by atoms with E-state index in [9.17, 15) is 9.90 Å². The Morgan fingerprint density at radius 2 is 2.12 bits per heavy atom. The molecule has 2 N–H and O–H groups in total. The number of carbonyl (C=O) groups is 1. The highest BCUT2D eigenvalue weighted by atomic mass is 32.1. The molecule has 5 nitrogen and oxygen atoms in total. The van der Waals surface area contributed by atoms with Crippen molar-refractivity contribution in [2.75, 3.05) is 26.2 Å². The molecule has 3 rings (SSSR count). The van der Waals surface area contributed by atoms with Crippen molar-refractivity contribution in [3.8, 4) is 0 Å². The van der Waals surface area contributed by atoms with E-state index < -0.39 is 6.10 Å². The lowest BCUT2D eigenvalue weighted by atomic mass is 10.0. The van der Waals surface area contributed by atoms with Crippen LogP contribution in [0.15, 0.2) is 47.8 Å². The highest BCUT2D eigenvalue weighted by Gasteiger charge is 2.31. The first-order valence-corrected chi connectivity index (χ1v) is 8.97. The second-order valence-electron chi connectivity index (χ2n) is 5.85. The largest absolute Gasteiger partial charge is 0.389 e. The van der Waals surface area contributed by atoms with Crippen molar-refractivity contribution in [2.24, 2.45) is 0 Å². The molecule has 1 aromatic heterocycles. The minimum absolute atomic E-state index is 0.0147. The highest BCUT2D eigenvalue weighted by Crippen LogP contribution is 2.23. The summed E-state index contributed by atoms with van der Waals surface area (Å²) < 4.78 is 5.58. The number of amides is 1. The molecule has 128 valence electrons. The summed E-state index contributed by atoms with van der Waals surface area (Å²) in [5.74, 6) is -0.0147. The summed E-state index contributed by atoms with van der Waals surface area (Å²) in [6.45, 7) is 2.50. The van der Waals surface area contributed by atoms with Crippen LogP contribution in [0.4, 0.5) is 0 Å². The quantitative estimate of drug-likeness (QED) is 0.803. The first-order valence-electron chi connectivity index (χ1n) is 8.09. The molecule has 1 aromatic carbocycles. The maximum absolute atomic E-state index is 12.3. The molecule has 24 heavy (non-hydrogen) atoms. The van der Waals surface area contributed by atoms with E-state index >= 15 is 0 Å². The van der Waals surface area contributed by atoms with Gasteiger partial charge in [0, 0.05) is 24.5 Å². The fraction of sp³-hybridized carbons (Fsp3) is 0.389. The number of nitrogens with zero attached hydrogens (tertiary/aromatic N) is 1. The zero-order valence-corrected chi connectivity index (χ0v) is 14.2. The van der Waals surface area contributed by atoms with E-state index in [1.165, 1.54) is 0 Å². The zero-order valence-electron chi connectivity index (χ0n) is 13.4. The lowest BCUT2D eigenvalue weighted by Crippen LogP contribution is -2.52. The Hall–Kier alpha value is -1.73. The van der Waals surface area contributed by atoms with Crippen LogP contribution in [0.5, 0.6) is 0 Å². The normalized spacial score (nSPS) is 19.9. The number of aliphatic hydroxyl groups is 1. The first kappa shape index (κ1) is 17.1. The summed E-state index contributed by atoms with van der Waals surface area (Å²) in [4.78, 5) is 15.5. The van der Waals surface area contributed by atoms with Crippen molar-refractivity contribution in [3.63, 3.8) is 0 Å². The van der Waals surface area contributed by atoms with Crippen LogP contribution < -0.4 is 5.32 Å². The van der Waals surface area contributed by atoms with Crippen LogP contribution in [0.2, 0.25) is 0 Å². The number of ether oxygens (including phenoxy) is 1. The van der Waals surface area contributed by atoms with Gasteiger partial charge in [0.2, 0.25) is 5.91 Å². The summed E-state index contributed by atoms with van der Waals surface area (Å²) >= 11 is 1.64. The van der Waals surface area contributed by atoms with Gasteiger partial charge in [0.05, 0.1) is 19.3 Å². The molecule has 0 spiro atoms. The molecule has 1 saturated heterocycles. The van der Waals surface area contributed by atoms with E-state index in [0.29, 0.717) is 26.2 Å². The number of aliphatic hydroxyl groups excluding tert-OH is 1. The average Bonchev–Trinajstić information content (AvgIpc) is 3.09. The fourth-order valence-corrected chi connectivity index (χ4v) is 3.56. The lowest BCUT2D eigenvalue weighted by Gasteiger charge is -2.36. The standard InChI is InChI=1S/C18H22N2O3S/c21-15(12-23-13-16-7-4-10-24-16)11-20-9-8-19-18(22)17(20)14-5-2-1-3-6-14/h1-7,10,15,17,21H,8-9,11-13H2,(H,19,22). The summed E-state index contributed by atoms with van der Waals surface area (Å²) in [5, 5.41) is 15.2. The number of thiophene rings is 1. The molecule has 0 aliphatic carbocycles. The van der Waals surface area contributed by atoms with Gasteiger partial charge in [0.1, 0.15) is 6.04 Å². The van der Waals surface area contributed by atoms with E-state index in [2.05, 4.69) is 5.32 Å². The molecule has 1 aliphatic rings. The zero-order chi connectivity index (χ0) is 16.8. The van der Waals surface area contributed by atoms with Gasteiger partial charge in [-0.15, -0.1) is 11.3 Å². The monoisotopic (exact) mass is 346 g/mol. The number of β-amino-alcohol motifs (C(OH)–C–C–N with tert-alkyl or cyclic N) is 1. The van der Waals surface area contributed by atoms with Crippen molar-refractivity contribution >= 4 is 17.2 Å². The predicted octanol–water partition coefficient (Wildman–Crippen LogP) is 1.80. The topological polar surface area (TPSA) is 61.8 Å². The Kier molecular flexibility index (Phi) is 5.98. The molecule has 1 fully saturated rings. The van der Waals surface area contributed by atoms with Crippen molar-refractivity contribution in [1.29, 1.82) is 0 Å². The molecule has 1 aliphatic heterocycles. The fourth-order valence-electron chi connectivity index (χ4n) is 2.92.